The van der Waals surface area contributed by atoms with E-state index in [2.05, 4.69) is 0 Å². The van der Waals surface area contributed by atoms with Gasteiger partial charge in [0.2, 0.25) is 5.43 Å². The molecule has 1 aliphatic heterocycles. The maximum absolute atomic E-state index is 14.6. The molecule has 134 valence electrons. The van der Waals surface area contributed by atoms with Crippen molar-refractivity contribution in [2.75, 3.05) is 13.2 Å². The Morgan fingerprint density at radius 3 is 2.92 bits per heavy atom. The van der Waals surface area contributed by atoms with E-state index in [0.29, 0.717) is 0 Å². The summed E-state index contributed by atoms with van der Waals surface area (Å²) in [6, 6.07) is 2.27. The number of hydrogen-bond donors (Lipinski definition) is 1. The van der Waals surface area contributed by atoms with Crippen LogP contribution in [0.3, 0.4) is 0 Å². The number of esters is 1. The fourth-order valence-corrected chi connectivity index (χ4v) is 2.83. The fraction of sp³-hybridized carbons (Fsp3) is 0.294. The van der Waals surface area contributed by atoms with Crippen LogP contribution in [0.15, 0.2) is 17.1 Å². The first-order valence-electron chi connectivity index (χ1n) is 7.68. The summed E-state index contributed by atoms with van der Waals surface area (Å²) in [5, 5.41) is 17.5. The highest BCUT2D eigenvalue weighted by Gasteiger charge is 2.31. The van der Waals surface area contributed by atoms with Crippen LogP contribution in [0.2, 0.25) is 0 Å². The van der Waals surface area contributed by atoms with Crippen LogP contribution in [0.25, 0.3) is 10.9 Å². The van der Waals surface area contributed by atoms with Gasteiger partial charge < -0.3 is 19.1 Å². The van der Waals surface area contributed by atoms with E-state index in [1.54, 1.807) is 13.0 Å². The number of rotatable bonds is 4. The molecule has 1 aliphatic rings. The van der Waals surface area contributed by atoms with Gasteiger partial charge in [0.05, 0.1) is 29.4 Å². The Balaban J connectivity index is 2.29. The van der Waals surface area contributed by atoms with Gasteiger partial charge >= 0.3 is 11.9 Å². The van der Waals surface area contributed by atoms with Crippen LogP contribution in [0, 0.1) is 17.1 Å². The first-order chi connectivity index (χ1) is 12.4. The molecule has 1 aromatic heterocycles. The lowest BCUT2D eigenvalue weighted by atomic mass is 10.0. The van der Waals surface area contributed by atoms with Gasteiger partial charge in [-0.25, -0.2) is 14.0 Å². The monoisotopic (exact) mass is 360 g/mol. The van der Waals surface area contributed by atoms with Gasteiger partial charge in [-0.3, -0.25) is 4.79 Å². The molecule has 26 heavy (non-hydrogen) atoms. The van der Waals surface area contributed by atoms with E-state index in [1.165, 1.54) is 4.57 Å². The number of hydrogen-bond acceptors (Lipinski definition) is 6. The molecule has 0 saturated heterocycles. The van der Waals surface area contributed by atoms with Crippen LogP contribution in [0.1, 0.15) is 40.1 Å². The first kappa shape index (κ1) is 17.4. The zero-order valence-electron chi connectivity index (χ0n) is 13.6. The van der Waals surface area contributed by atoms with E-state index < -0.39 is 34.3 Å². The highest BCUT2D eigenvalue weighted by atomic mass is 19.1. The molecule has 0 fully saturated rings. The topological polar surface area (TPSA) is 119 Å². The molecule has 1 N–H and O–H groups in total. The maximum Gasteiger partial charge on any atom is 0.345 e. The van der Waals surface area contributed by atoms with Gasteiger partial charge in [0.1, 0.15) is 30.2 Å². The molecule has 0 amide bonds. The van der Waals surface area contributed by atoms with Gasteiger partial charge in [0.15, 0.2) is 5.75 Å². The van der Waals surface area contributed by atoms with Crippen LogP contribution < -0.4 is 10.2 Å². The number of carboxylic acids is 1. The van der Waals surface area contributed by atoms with Crippen molar-refractivity contribution in [1.82, 2.24) is 4.57 Å². The van der Waals surface area contributed by atoms with Crippen LogP contribution in [-0.4, -0.2) is 34.8 Å². The molecular formula is C17H13FN2O6. The molecule has 8 nitrogen and oxygen atoms in total. The number of carboxylic acid groups (broad SMARTS) is 1. The van der Waals surface area contributed by atoms with Crippen molar-refractivity contribution in [2.45, 2.75) is 19.4 Å². The average Bonchev–Trinajstić information content (AvgIpc) is 2.59. The molecule has 3 rings (SSSR count). The zero-order chi connectivity index (χ0) is 19.0. The molecule has 1 aromatic carbocycles. The van der Waals surface area contributed by atoms with Crippen molar-refractivity contribution < 1.29 is 28.6 Å². The quantitative estimate of drug-likeness (QED) is 0.653. The number of carbonyl (C=O) groups excluding carboxylic acids is 1. The van der Waals surface area contributed by atoms with Crippen molar-refractivity contribution in [3.63, 3.8) is 0 Å². The van der Waals surface area contributed by atoms with Gasteiger partial charge in [-0.05, 0) is 13.0 Å². The molecule has 0 unspecified atom stereocenters. The lowest BCUT2D eigenvalue weighted by Gasteiger charge is -2.28. The van der Waals surface area contributed by atoms with Gasteiger partial charge in [0.25, 0.3) is 0 Å². The molecular weight excluding hydrogens is 347 g/mol. The second-order valence-corrected chi connectivity index (χ2v) is 5.75. The first-order valence-corrected chi connectivity index (χ1v) is 7.68. The minimum Gasteiger partial charge on any atom is -0.488 e. The molecule has 0 spiro atoms. The Bertz CT molecular complexity index is 1040. The zero-order valence-corrected chi connectivity index (χ0v) is 13.6. The molecule has 0 saturated carbocycles. The lowest BCUT2D eigenvalue weighted by molar-refractivity contribution is 0.0501. The summed E-state index contributed by atoms with van der Waals surface area (Å²) in [6.45, 7) is 1.56. The van der Waals surface area contributed by atoms with E-state index in [0.717, 1.165) is 12.3 Å². The number of nitrogens with zero attached hydrogens (tertiary/aromatic N) is 2. The molecule has 2 heterocycles. The highest BCUT2D eigenvalue weighted by Crippen LogP contribution is 2.36. The summed E-state index contributed by atoms with van der Waals surface area (Å²) < 4.78 is 26.4. The predicted molar refractivity (Wildman–Crippen MR) is 85.8 cm³/mol. The van der Waals surface area contributed by atoms with Crippen molar-refractivity contribution >= 4 is 22.8 Å². The van der Waals surface area contributed by atoms with Crippen LogP contribution in [0.4, 0.5) is 4.39 Å². The standard InChI is InChI=1S/C17H13FN2O6/c1-8-7-26-15-12(17(24)25-4-2-3-19)11(18)5-9-13(15)20(8)6-10(14(9)21)16(22)23/h5-6,8H,2,4,7H2,1H3,(H,22,23)/t8-/m0/s1. The largest absolute Gasteiger partial charge is 0.488 e. The molecule has 2 aromatic rings. The summed E-state index contributed by atoms with van der Waals surface area (Å²) in [5.74, 6) is -3.68. The molecule has 0 bridgehead atoms. The number of nitriles is 1. The van der Waals surface area contributed by atoms with Crippen LogP contribution in [-0.2, 0) is 4.74 Å². The second-order valence-electron chi connectivity index (χ2n) is 5.75. The summed E-state index contributed by atoms with van der Waals surface area (Å²) in [4.78, 5) is 35.9. The van der Waals surface area contributed by atoms with E-state index in [1.807, 2.05) is 0 Å². The van der Waals surface area contributed by atoms with Gasteiger partial charge in [-0.1, -0.05) is 0 Å². The highest BCUT2D eigenvalue weighted by molar-refractivity contribution is 6.02. The summed E-state index contributed by atoms with van der Waals surface area (Å²) >= 11 is 0. The van der Waals surface area contributed by atoms with Crippen LogP contribution >= 0.6 is 0 Å². The van der Waals surface area contributed by atoms with Crippen molar-refractivity contribution in [3.05, 3.63) is 39.4 Å². The number of benzene rings is 1. The third kappa shape index (κ3) is 2.65. The number of pyridine rings is 1. The molecule has 9 heteroatoms. The normalized spacial score (nSPS) is 15.2. The Kier molecular flexibility index (Phi) is 4.34. The lowest BCUT2D eigenvalue weighted by Crippen LogP contribution is -2.28. The van der Waals surface area contributed by atoms with E-state index in [4.69, 9.17) is 14.7 Å². The van der Waals surface area contributed by atoms with Gasteiger partial charge in [0, 0.05) is 6.20 Å². The van der Waals surface area contributed by atoms with Crippen molar-refractivity contribution in [3.8, 4) is 11.8 Å². The Hall–Kier alpha value is -3.41. The minimum absolute atomic E-state index is 0.0476. The number of aromatic nitrogens is 1. The number of aromatic carboxylic acids is 1. The fourth-order valence-electron chi connectivity index (χ4n) is 2.83. The SMILES string of the molecule is C[C@H]1COc2c(C(=O)OCCC#N)c(F)cc3c(=O)c(C(=O)O)cn1c23. The molecule has 1 atom stereocenters. The average molecular weight is 360 g/mol. The number of carbonyl (C=O) groups is 2. The van der Waals surface area contributed by atoms with Crippen molar-refractivity contribution in [2.24, 2.45) is 0 Å². The second kappa shape index (κ2) is 6.48. The summed E-state index contributed by atoms with van der Waals surface area (Å²) in [6.07, 6.45) is 1.10. The van der Waals surface area contributed by atoms with E-state index >= 15 is 0 Å². The number of ether oxygens (including phenoxy) is 2. The van der Waals surface area contributed by atoms with E-state index in [9.17, 15) is 23.9 Å². The van der Waals surface area contributed by atoms with Crippen LogP contribution in [0.5, 0.6) is 5.75 Å². The van der Waals surface area contributed by atoms with Gasteiger partial charge in [-0.15, -0.1) is 0 Å². The third-order valence-corrected chi connectivity index (χ3v) is 4.05. The van der Waals surface area contributed by atoms with Crippen molar-refractivity contribution in [1.29, 1.82) is 5.26 Å². The summed E-state index contributed by atoms with van der Waals surface area (Å²) in [7, 11) is 0. The van der Waals surface area contributed by atoms with E-state index in [-0.39, 0.29) is 42.3 Å². The minimum atomic E-state index is -1.43. The Labute approximate surface area is 146 Å². The Morgan fingerprint density at radius 1 is 1.54 bits per heavy atom. The molecule has 0 radical (unpaired) electrons. The predicted octanol–water partition coefficient (Wildman–Crippen LogP) is 1.86. The maximum atomic E-state index is 14.6. The smallest absolute Gasteiger partial charge is 0.345 e. The summed E-state index contributed by atoms with van der Waals surface area (Å²) in [5.41, 5.74) is -1.72. The molecule has 0 aliphatic carbocycles. The van der Waals surface area contributed by atoms with Gasteiger partial charge in [-0.2, -0.15) is 5.26 Å². The third-order valence-electron chi connectivity index (χ3n) is 4.05. The number of halogens is 1. The Morgan fingerprint density at radius 2 is 2.27 bits per heavy atom.